The second kappa shape index (κ2) is 8.23. The van der Waals surface area contributed by atoms with Crippen molar-refractivity contribution in [1.29, 1.82) is 0 Å². The maximum Gasteiger partial charge on any atom is 0.224 e. The molecule has 8 heteroatoms. The Balaban J connectivity index is 1.31. The van der Waals surface area contributed by atoms with Gasteiger partial charge in [-0.05, 0) is 49.4 Å². The fourth-order valence-electron chi connectivity index (χ4n) is 3.67. The third-order valence-electron chi connectivity index (χ3n) is 5.21. The third-order valence-corrected chi connectivity index (χ3v) is 5.21. The molecule has 0 saturated carbocycles. The Morgan fingerprint density at radius 1 is 1.06 bits per heavy atom. The van der Waals surface area contributed by atoms with Gasteiger partial charge in [-0.2, -0.15) is 0 Å². The second-order valence-electron chi connectivity index (χ2n) is 7.41. The number of hydrogen-bond donors (Lipinski definition) is 2. The molecular weight excluding hydrogens is 397 g/mol. The van der Waals surface area contributed by atoms with Gasteiger partial charge in [-0.15, -0.1) is 0 Å². The zero-order valence-electron chi connectivity index (χ0n) is 17.1. The molecule has 0 amide bonds. The topological polar surface area (TPSA) is 75.3 Å². The summed E-state index contributed by atoms with van der Waals surface area (Å²) < 4.78 is 25.9. The first kappa shape index (κ1) is 19.3. The highest BCUT2D eigenvalue weighted by molar-refractivity contribution is 5.82. The molecule has 158 valence electrons. The van der Waals surface area contributed by atoms with Crippen molar-refractivity contribution in [1.82, 2.24) is 15.0 Å². The van der Waals surface area contributed by atoms with E-state index in [-0.39, 0.29) is 11.6 Å². The molecule has 2 aromatic carbocycles. The van der Waals surface area contributed by atoms with Gasteiger partial charge in [0.2, 0.25) is 5.88 Å². The van der Waals surface area contributed by atoms with Crippen LogP contribution in [0.4, 0.5) is 21.6 Å². The van der Waals surface area contributed by atoms with E-state index >= 15 is 0 Å². The van der Waals surface area contributed by atoms with Crippen molar-refractivity contribution in [3.63, 3.8) is 0 Å². The van der Waals surface area contributed by atoms with Crippen molar-refractivity contribution in [3.05, 3.63) is 66.4 Å². The largest absolute Gasteiger partial charge is 0.436 e. The van der Waals surface area contributed by atoms with Crippen molar-refractivity contribution in [3.8, 4) is 11.6 Å². The van der Waals surface area contributed by atoms with Crippen LogP contribution in [0.5, 0.6) is 11.6 Å². The second-order valence-corrected chi connectivity index (χ2v) is 7.41. The summed E-state index contributed by atoms with van der Waals surface area (Å²) in [4.78, 5) is 13.8. The molecule has 1 saturated heterocycles. The smallest absolute Gasteiger partial charge is 0.224 e. The van der Waals surface area contributed by atoms with E-state index in [0.29, 0.717) is 11.2 Å². The average molecular weight is 419 g/mol. The molecule has 0 unspecified atom stereocenters. The van der Waals surface area contributed by atoms with Crippen LogP contribution in [0.1, 0.15) is 5.69 Å². The average Bonchev–Trinajstić information content (AvgIpc) is 3.18. The van der Waals surface area contributed by atoms with E-state index in [4.69, 9.17) is 9.47 Å². The molecule has 1 aliphatic rings. The molecule has 0 bridgehead atoms. The molecule has 1 fully saturated rings. The summed E-state index contributed by atoms with van der Waals surface area (Å²) in [5, 5.41) is 3.72. The highest BCUT2D eigenvalue weighted by Gasteiger charge is 2.13. The number of H-pyrrole nitrogens is 1. The first-order valence-electron chi connectivity index (χ1n) is 10.1. The van der Waals surface area contributed by atoms with Crippen LogP contribution in [0.3, 0.4) is 0 Å². The van der Waals surface area contributed by atoms with E-state index in [1.165, 1.54) is 6.33 Å². The first-order valence-corrected chi connectivity index (χ1v) is 10.1. The zero-order chi connectivity index (χ0) is 21.2. The molecule has 0 aliphatic carbocycles. The lowest BCUT2D eigenvalue weighted by Gasteiger charge is -2.28. The van der Waals surface area contributed by atoms with E-state index < -0.39 is 5.82 Å². The van der Waals surface area contributed by atoms with Crippen LogP contribution < -0.4 is 15.0 Å². The standard InChI is InChI=1S/C23H22FN5O2/c1-15-12-18-19(27-15)6-7-20(23(18)24)31-22-13-21(25-14-26-22)28-16-2-4-17(5-3-16)29-8-10-30-11-9-29/h2-7,12-14,27H,8-11H2,1H3,(H,25,26,28). The molecule has 2 N–H and O–H groups in total. The monoisotopic (exact) mass is 419 g/mol. The predicted octanol–water partition coefficient (Wildman–Crippen LogP) is 4.78. The molecule has 31 heavy (non-hydrogen) atoms. The maximum atomic E-state index is 14.8. The van der Waals surface area contributed by atoms with E-state index in [9.17, 15) is 4.39 Å². The fourth-order valence-corrected chi connectivity index (χ4v) is 3.67. The van der Waals surface area contributed by atoms with Crippen LogP contribution >= 0.6 is 0 Å². The van der Waals surface area contributed by atoms with Gasteiger partial charge in [-0.1, -0.05) is 0 Å². The van der Waals surface area contributed by atoms with E-state index in [1.807, 2.05) is 19.1 Å². The number of hydrogen-bond acceptors (Lipinski definition) is 6. The van der Waals surface area contributed by atoms with Crippen LogP contribution in [0.25, 0.3) is 10.9 Å². The Hall–Kier alpha value is -3.65. The highest BCUT2D eigenvalue weighted by Crippen LogP contribution is 2.30. The summed E-state index contributed by atoms with van der Waals surface area (Å²) in [5.74, 6) is 0.510. The number of benzene rings is 2. The lowest BCUT2D eigenvalue weighted by molar-refractivity contribution is 0.122. The number of ether oxygens (including phenoxy) is 2. The maximum absolute atomic E-state index is 14.8. The minimum absolute atomic E-state index is 0.117. The van der Waals surface area contributed by atoms with Crippen LogP contribution in [0.15, 0.2) is 54.9 Å². The van der Waals surface area contributed by atoms with Crippen LogP contribution in [0.2, 0.25) is 0 Å². The number of aromatic nitrogens is 3. The van der Waals surface area contributed by atoms with Crippen molar-refractivity contribution in [2.45, 2.75) is 6.92 Å². The molecule has 0 radical (unpaired) electrons. The van der Waals surface area contributed by atoms with E-state index in [1.54, 1.807) is 24.3 Å². The number of morpholine rings is 1. The van der Waals surface area contributed by atoms with Gasteiger partial charge in [-0.25, -0.2) is 14.4 Å². The summed E-state index contributed by atoms with van der Waals surface area (Å²) in [6.45, 7) is 5.17. The quantitative estimate of drug-likeness (QED) is 0.485. The van der Waals surface area contributed by atoms with Gasteiger partial charge >= 0.3 is 0 Å². The summed E-state index contributed by atoms with van der Waals surface area (Å²) in [6.07, 6.45) is 1.39. The molecule has 3 heterocycles. The molecule has 0 spiro atoms. The number of aromatic amines is 1. The number of fused-ring (bicyclic) bond motifs is 1. The van der Waals surface area contributed by atoms with Crippen molar-refractivity contribution in [2.24, 2.45) is 0 Å². The predicted molar refractivity (Wildman–Crippen MR) is 118 cm³/mol. The van der Waals surface area contributed by atoms with Crippen LogP contribution in [-0.4, -0.2) is 41.3 Å². The molecular formula is C23H22FN5O2. The van der Waals surface area contributed by atoms with Gasteiger partial charge < -0.3 is 24.7 Å². The van der Waals surface area contributed by atoms with Crippen molar-refractivity contribution >= 4 is 28.1 Å². The summed E-state index contributed by atoms with van der Waals surface area (Å²) in [7, 11) is 0. The fraction of sp³-hybridized carbons (Fsp3) is 0.217. The Labute approximate surface area is 178 Å². The third kappa shape index (κ3) is 4.15. The van der Waals surface area contributed by atoms with Crippen molar-refractivity contribution < 1.29 is 13.9 Å². The minimum Gasteiger partial charge on any atom is -0.436 e. The van der Waals surface area contributed by atoms with E-state index in [0.717, 1.165) is 48.9 Å². The first-order chi connectivity index (χ1) is 15.2. The zero-order valence-corrected chi connectivity index (χ0v) is 17.1. The summed E-state index contributed by atoms with van der Waals surface area (Å²) in [5.41, 5.74) is 3.66. The van der Waals surface area contributed by atoms with Gasteiger partial charge in [0.15, 0.2) is 11.6 Å². The van der Waals surface area contributed by atoms with Gasteiger partial charge in [0, 0.05) is 47.1 Å². The Morgan fingerprint density at radius 2 is 1.87 bits per heavy atom. The Kier molecular flexibility index (Phi) is 5.13. The molecule has 2 aromatic heterocycles. The van der Waals surface area contributed by atoms with Crippen LogP contribution in [0, 0.1) is 12.7 Å². The molecule has 0 atom stereocenters. The normalized spacial score (nSPS) is 14.1. The van der Waals surface area contributed by atoms with Gasteiger partial charge in [0.25, 0.3) is 0 Å². The van der Waals surface area contributed by atoms with Crippen molar-refractivity contribution in [2.75, 3.05) is 36.5 Å². The van der Waals surface area contributed by atoms with Crippen LogP contribution in [-0.2, 0) is 4.74 Å². The SMILES string of the molecule is Cc1cc2c(F)c(Oc3cc(Nc4ccc(N5CCOCC5)cc4)ncn3)ccc2[nH]1. The van der Waals surface area contributed by atoms with Gasteiger partial charge in [0.05, 0.1) is 13.2 Å². The lowest BCUT2D eigenvalue weighted by atomic mass is 10.2. The number of nitrogens with zero attached hydrogens (tertiary/aromatic N) is 3. The Bertz CT molecular complexity index is 1200. The number of rotatable bonds is 5. The van der Waals surface area contributed by atoms with E-state index in [2.05, 4.69) is 37.3 Å². The number of nitrogens with one attached hydrogen (secondary N) is 2. The molecule has 4 aromatic rings. The number of halogens is 1. The minimum atomic E-state index is -0.423. The molecule has 7 nitrogen and oxygen atoms in total. The summed E-state index contributed by atoms with van der Waals surface area (Å²) in [6, 6.07) is 14.9. The summed E-state index contributed by atoms with van der Waals surface area (Å²) >= 11 is 0. The Morgan fingerprint density at radius 3 is 2.68 bits per heavy atom. The highest BCUT2D eigenvalue weighted by atomic mass is 19.1. The number of aryl methyl sites for hydroxylation is 1. The molecule has 1 aliphatic heterocycles. The van der Waals surface area contributed by atoms with Gasteiger partial charge in [-0.3, -0.25) is 0 Å². The van der Waals surface area contributed by atoms with Gasteiger partial charge in [0.1, 0.15) is 12.1 Å². The number of anilines is 3. The molecule has 5 rings (SSSR count). The lowest BCUT2D eigenvalue weighted by Crippen LogP contribution is -2.36.